The van der Waals surface area contributed by atoms with Gasteiger partial charge in [-0.15, -0.1) is 0 Å². The van der Waals surface area contributed by atoms with Crippen molar-refractivity contribution in [3.8, 4) is 0 Å². The van der Waals surface area contributed by atoms with Gasteiger partial charge in [-0.05, 0) is 77.6 Å². The van der Waals surface area contributed by atoms with E-state index in [4.69, 9.17) is 0 Å². The maximum atomic E-state index is 13.6. The molecule has 2 aliphatic rings. The van der Waals surface area contributed by atoms with Crippen LogP contribution in [0.4, 0.5) is 4.79 Å². The van der Waals surface area contributed by atoms with Gasteiger partial charge in [-0.3, -0.25) is 14.5 Å². The molecule has 4 amide bonds. The molecule has 0 saturated carbocycles. The molecular formula is C26H40N4O3. The van der Waals surface area contributed by atoms with Crippen LogP contribution in [-0.2, 0) is 4.79 Å². The monoisotopic (exact) mass is 456 g/mol. The third-order valence-electron chi connectivity index (χ3n) is 7.04. The molecule has 2 fully saturated rings. The summed E-state index contributed by atoms with van der Waals surface area (Å²) in [5.74, 6) is 0.425. The fourth-order valence-corrected chi connectivity index (χ4v) is 5.17. The number of nitrogens with zero attached hydrogens (tertiary/aromatic N) is 3. The molecule has 0 aromatic heterocycles. The molecule has 0 bridgehead atoms. The van der Waals surface area contributed by atoms with Crippen molar-refractivity contribution in [3.05, 3.63) is 34.9 Å². The average molecular weight is 457 g/mol. The first-order valence-electron chi connectivity index (χ1n) is 12.2. The number of benzene rings is 1. The molecular weight excluding hydrogens is 416 g/mol. The smallest absolute Gasteiger partial charge is 0.325 e. The van der Waals surface area contributed by atoms with Crippen LogP contribution in [0.3, 0.4) is 0 Å². The highest BCUT2D eigenvalue weighted by atomic mass is 16.2. The number of likely N-dealkylation sites (N-methyl/N-ethyl adjacent to an activating group) is 1. The highest BCUT2D eigenvalue weighted by molar-refractivity contribution is 6.07. The van der Waals surface area contributed by atoms with Crippen LogP contribution in [0, 0.1) is 25.7 Å². The number of carbonyl (C=O) groups excluding carboxylic acids is 3. The topological polar surface area (TPSA) is 73.0 Å². The van der Waals surface area contributed by atoms with Gasteiger partial charge in [0.2, 0.25) is 0 Å². The minimum Gasteiger partial charge on any atom is -0.339 e. The number of hydrogen-bond acceptors (Lipinski definition) is 4. The summed E-state index contributed by atoms with van der Waals surface area (Å²) < 4.78 is 0. The van der Waals surface area contributed by atoms with Gasteiger partial charge in [0, 0.05) is 31.7 Å². The summed E-state index contributed by atoms with van der Waals surface area (Å²) in [6, 6.07) is 5.67. The number of likely N-dealkylation sites (tertiary alicyclic amines) is 1. The summed E-state index contributed by atoms with van der Waals surface area (Å²) in [6.07, 6.45) is 2.93. The zero-order valence-corrected chi connectivity index (χ0v) is 21.1. The molecule has 0 unspecified atom stereocenters. The Morgan fingerprint density at radius 3 is 2.27 bits per heavy atom. The molecule has 1 atom stereocenters. The summed E-state index contributed by atoms with van der Waals surface area (Å²) in [4.78, 5) is 44.8. The molecule has 2 saturated heterocycles. The molecule has 0 spiro atoms. The molecule has 0 aliphatic carbocycles. The SMILES string of the molecule is Cc1cc(C)cc(C(=O)N2CCC([C@@]3(CCC(C)C)NC(=O)N(CCN(C)C)C3=O)CC2)c1. The normalized spacial score (nSPS) is 21.9. The maximum Gasteiger partial charge on any atom is 0.325 e. The Labute approximate surface area is 198 Å². The predicted octanol–water partition coefficient (Wildman–Crippen LogP) is 3.44. The zero-order valence-electron chi connectivity index (χ0n) is 21.1. The number of urea groups is 1. The summed E-state index contributed by atoms with van der Waals surface area (Å²) in [5.41, 5.74) is 2.03. The fraction of sp³-hybridized carbons (Fsp3) is 0.654. The Morgan fingerprint density at radius 2 is 1.73 bits per heavy atom. The van der Waals surface area contributed by atoms with E-state index in [2.05, 4.69) is 25.2 Å². The number of hydrogen-bond donors (Lipinski definition) is 1. The number of piperidine rings is 1. The van der Waals surface area contributed by atoms with E-state index in [-0.39, 0.29) is 23.8 Å². The molecule has 0 radical (unpaired) electrons. The number of amides is 4. The summed E-state index contributed by atoms with van der Waals surface area (Å²) in [6.45, 7) is 10.5. The van der Waals surface area contributed by atoms with Crippen molar-refractivity contribution in [3.63, 3.8) is 0 Å². The van der Waals surface area contributed by atoms with E-state index in [0.717, 1.165) is 23.1 Å². The van der Waals surface area contributed by atoms with Gasteiger partial charge in [0.05, 0.1) is 0 Å². The number of imide groups is 1. The van der Waals surface area contributed by atoms with Crippen LogP contribution >= 0.6 is 0 Å². The summed E-state index contributed by atoms with van der Waals surface area (Å²) >= 11 is 0. The van der Waals surface area contributed by atoms with Crippen LogP contribution in [-0.4, -0.2) is 78.4 Å². The second kappa shape index (κ2) is 10.2. The maximum absolute atomic E-state index is 13.6. The summed E-state index contributed by atoms with van der Waals surface area (Å²) in [7, 11) is 3.87. The molecule has 1 aromatic carbocycles. The highest BCUT2D eigenvalue weighted by Crippen LogP contribution is 2.38. The van der Waals surface area contributed by atoms with Gasteiger partial charge in [-0.25, -0.2) is 4.79 Å². The van der Waals surface area contributed by atoms with Gasteiger partial charge in [0.15, 0.2) is 0 Å². The van der Waals surface area contributed by atoms with E-state index in [1.807, 2.05) is 49.9 Å². The first kappa shape index (κ1) is 25.2. The van der Waals surface area contributed by atoms with Crippen LogP contribution in [0.5, 0.6) is 0 Å². The van der Waals surface area contributed by atoms with Crippen molar-refractivity contribution in [1.29, 1.82) is 0 Å². The van der Waals surface area contributed by atoms with Gasteiger partial charge >= 0.3 is 6.03 Å². The lowest BCUT2D eigenvalue weighted by molar-refractivity contribution is -0.134. The quantitative estimate of drug-likeness (QED) is 0.608. The van der Waals surface area contributed by atoms with E-state index in [1.165, 1.54) is 4.90 Å². The van der Waals surface area contributed by atoms with Crippen molar-refractivity contribution in [1.82, 2.24) is 20.0 Å². The molecule has 3 rings (SSSR count). The van der Waals surface area contributed by atoms with Gasteiger partial charge < -0.3 is 15.1 Å². The van der Waals surface area contributed by atoms with Crippen molar-refractivity contribution in [2.24, 2.45) is 11.8 Å². The highest BCUT2D eigenvalue weighted by Gasteiger charge is 2.55. The van der Waals surface area contributed by atoms with Gasteiger partial charge in [0.25, 0.3) is 11.8 Å². The van der Waals surface area contributed by atoms with E-state index < -0.39 is 5.54 Å². The van der Waals surface area contributed by atoms with Crippen molar-refractivity contribution in [2.45, 2.75) is 58.9 Å². The lowest BCUT2D eigenvalue weighted by Crippen LogP contribution is -2.56. The zero-order chi connectivity index (χ0) is 24.3. The molecule has 1 N–H and O–H groups in total. The molecule has 2 heterocycles. The van der Waals surface area contributed by atoms with E-state index in [0.29, 0.717) is 51.4 Å². The van der Waals surface area contributed by atoms with Crippen LogP contribution < -0.4 is 5.32 Å². The standard InChI is InChI=1S/C26H40N4O3/c1-18(2)7-10-26(24(32)30(25(33)27-26)14-13-28(5)6)22-8-11-29(12-9-22)23(31)21-16-19(3)15-20(4)17-21/h15-18,22H,7-14H2,1-6H3,(H,27,33)/t26-/m1/s1. The fourth-order valence-electron chi connectivity index (χ4n) is 5.17. The third kappa shape index (κ3) is 5.57. The number of carbonyl (C=O) groups is 3. The van der Waals surface area contributed by atoms with Crippen LogP contribution in [0.1, 0.15) is 61.0 Å². The molecule has 7 heteroatoms. The Bertz CT molecular complexity index is 869. The Hall–Kier alpha value is -2.41. The van der Waals surface area contributed by atoms with Crippen LogP contribution in [0.15, 0.2) is 18.2 Å². The minimum atomic E-state index is -0.858. The first-order chi connectivity index (χ1) is 15.5. The van der Waals surface area contributed by atoms with Gasteiger partial charge in [-0.2, -0.15) is 0 Å². The van der Waals surface area contributed by atoms with Gasteiger partial charge in [0.1, 0.15) is 5.54 Å². The number of nitrogens with one attached hydrogen (secondary N) is 1. The van der Waals surface area contributed by atoms with Gasteiger partial charge in [-0.1, -0.05) is 31.0 Å². The largest absolute Gasteiger partial charge is 0.339 e. The Balaban J connectivity index is 1.75. The van der Waals surface area contributed by atoms with Crippen molar-refractivity contribution >= 4 is 17.8 Å². The minimum absolute atomic E-state index is 0.0281. The predicted molar refractivity (Wildman–Crippen MR) is 130 cm³/mol. The van der Waals surface area contributed by atoms with E-state index >= 15 is 0 Å². The molecule has 7 nitrogen and oxygen atoms in total. The molecule has 1 aromatic rings. The lowest BCUT2D eigenvalue weighted by Gasteiger charge is -2.41. The van der Waals surface area contributed by atoms with E-state index in [1.54, 1.807) is 0 Å². The van der Waals surface area contributed by atoms with Crippen LogP contribution in [0.25, 0.3) is 0 Å². The Morgan fingerprint density at radius 1 is 1.12 bits per heavy atom. The molecule has 2 aliphatic heterocycles. The average Bonchev–Trinajstić information content (AvgIpc) is 2.99. The van der Waals surface area contributed by atoms with Crippen molar-refractivity contribution in [2.75, 3.05) is 40.3 Å². The molecule has 182 valence electrons. The van der Waals surface area contributed by atoms with E-state index in [9.17, 15) is 14.4 Å². The van der Waals surface area contributed by atoms with Crippen LogP contribution in [0.2, 0.25) is 0 Å². The van der Waals surface area contributed by atoms with Crippen molar-refractivity contribution < 1.29 is 14.4 Å². The molecule has 33 heavy (non-hydrogen) atoms. The Kier molecular flexibility index (Phi) is 7.83. The summed E-state index contributed by atoms with van der Waals surface area (Å²) in [5, 5.41) is 3.12. The number of aryl methyl sites for hydroxylation is 2. The first-order valence-corrected chi connectivity index (χ1v) is 12.2. The lowest BCUT2D eigenvalue weighted by atomic mass is 9.73. The second-order valence-corrected chi connectivity index (χ2v) is 10.5. The third-order valence-corrected chi connectivity index (χ3v) is 7.04. The second-order valence-electron chi connectivity index (χ2n) is 10.5. The number of rotatable bonds is 8.